The third-order valence-corrected chi connectivity index (χ3v) is 6.15. The van der Waals surface area contributed by atoms with Gasteiger partial charge in [0.2, 0.25) is 5.95 Å². The average Bonchev–Trinajstić information content (AvgIpc) is 3.19. The quantitative estimate of drug-likeness (QED) is 0.393. The molecule has 0 radical (unpaired) electrons. The number of nitrogens with one attached hydrogen (secondary N) is 2. The Morgan fingerprint density at radius 1 is 1.12 bits per heavy atom. The lowest BCUT2D eigenvalue weighted by Crippen LogP contribution is -2.43. The second kappa shape index (κ2) is 9.37. The van der Waals surface area contributed by atoms with Gasteiger partial charge in [0, 0.05) is 62.1 Å². The summed E-state index contributed by atoms with van der Waals surface area (Å²) in [5.74, 6) is 0.556. The zero-order valence-corrected chi connectivity index (χ0v) is 19.7. The minimum atomic E-state index is 0.493. The van der Waals surface area contributed by atoms with Crippen molar-refractivity contribution in [3.05, 3.63) is 59.5 Å². The normalized spacial score (nSPS) is 14.1. The second-order valence-electron chi connectivity index (χ2n) is 8.37. The van der Waals surface area contributed by atoms with Crippen LogP contribution in [0.25, 0.3) is 22.3 Å². The topological polar surface area (TPSA) is 70.9 Å². The molecule has 0 amide bonds. The highest BCUT2D eigenvalue weighted by atomic mass is 35.5. The van der Waals surface area contributed by atoms with Gasteiger partial charge in [0.15, 0.2) is 0 Å². The number of nitrogens with zero attached hydrogens (tertiary/aromatic N) is 5. The Balaban J connectivity index is 1.48. The zero-order chi connectivity index (χ0) is 22.8. The van der Waals surface area contributed by atoms with Crippen molar-refractivity contribution < 1.29 is 0 Å². The van der Waals surface area contributed by atoms with Crippen molar-refractivity contribution >= 4 is 40.0 Å². The molecule has 4 aromatic rings. The van der Waals surface area contributed by atoms with Gasteiger partial charge in [-0.1, -0.05) is 24.6 Å². The molecule has 0 saturated carbocycles. The number of benzene rings is 1. The third kappa shape index (κ3) is 4.51. The molecule has 0 unspecified atom stereocenters. The summed E-state index contributed by atoms with van der Waals surface area (Å²) in [5, 5.41) is 7.27. The van der Waals surface area contributed by atoms with Crippen LogP contribution in [0.2, 0.25) is 5.15 Å². The predicted molar refractivity (Wildman–Crippen MR) is 136 cm³/mol. The van der Waals surface area contributed by atoms with Crippen molar-refractivity contribution in [2.45, 2.75) is 26.8 Å². The number of fused-ring (bicyclic) bond motifs is 1. The molecule has 0 aliphatic carbocycles. The van der Waals surface area contributed by atoms with E-state index in [9.17, 15) is 0 Å². The highest BCUT2D eigenvalue weighted by Gasteiger charge is 2.16. The second-order valence-corrected chi connectivity index (χ2v) is 8.76. The van der Waals surface area contributed by atoms with E-state index in [-0.39, 0.29) is 0 Å². The number of hydrogen-bond donors (Lipinski definition) is 2. The molecule has 1 aliphatic rings. The Labute approximate surface area is 198 Å². The molecular weight excluding hydrogens is 434 g/mol. The summed E-state index contributed by atoms with van der Waals surface area (Å²) in [6, 6.07) is 12.2. The third-order valence-electron chi connectivity index (χ3n) is 5.96. The summed E-state index contributed by atoms with van der Waals surface area (Å²) in [5.41, 5.74) is 7.04. The van der Waals surface area contributed by atoms with Crippen LogP contribution >= 0.6 is 11.6 Å². The fourth-order valence-electron chi connectivity index (χ4n) is 4.46. The SMILES string of the molecule is CCCn1cc(-c2ccnc(Nc3cccc(N4CCNCC4)c3)n2)c2nc(Cl)cc(C)c21. The lowest BCUT2D eigenvalue weighted by molar-refractivity contribution is 0.589. The fourth-order valence-corrected chi connectivity index (χ4v) is 4.71. The lowest BCUT2D eigenvalue weighted by Gasteiger charge is -2.29. The van der Waals surface area contributed by atoms with Crippen molar-refractivity contribution in [3.8, 4) is 11.3 Å². The van der Waals surface area contributed by atoms with E-state index in [1.165, 1.54) is 5.69 Å². The summed E-state index contributed by atoms with van der Waals surface area (Å²) in [6.45, 7) is 9.18. The van der Waals surface area contributed by atoms with Crippen LogP contribution in [0.15, 0.2) is 48.8 Å². The van der Waals surface area contributed by atoms with E-state index in [1.807, 2.05) is 18.2 Å². The molecule has 0 bridgehead atoms. The number of piperazine rings is 1. The minimum Gasteiger partial charge on any atom is -0.369 e. The Kier molecular flexibility index (Phi) is 6.15. The smallest absolute Gasteiger partial charge is 0.227 e. The van der Waals surface area contributed by atoms with E-state index in [2.05, 4.69) is 68.3 Å². The van der Waals surface area contributed by atoms with Crippen LogP contribution in [0.1, 0.15) is 18.9 Å². The molecule has 170 valence electrons. The minimum absolute atomic E-state index is 0.493. The van der Waals surface area contributed by atoms with Gasteiger partial charge in [0.05, 0.1) is 16.7 Å². The van der Waals surface area contributed by atoms with Crippen LogP contribution in [0.4, 0.5) is 17.3 Å². The highest BCUT2D eigenvalue weighted by molar-refractivity contribution is 6.30. The van der Waals surface area contributed by atoms with Gasteiger partial charge in [0.25, 0.3) is 0 Å². The van der Waals surface area contributed by atoms with Gasteiger partial charge in [-0.15, -0.1) is 0 Å². The van der Waals surface area contributed by atoms with Gasteiger partial charge in [-0.3, -0.25) is 0 Å². The standard InChI is InChI=1S/C25H28ClN7/c1-3-11-33-16-20(23-24(33)17(2)14-22(26)31-23)21-7-8-28-25(30-21)29-18-5-4-6-19(15-18)32-12-9-27-10-13-32/h4-8,14-16,27H,3,9-13H2,1-2H3,(H,28,29,30). The van der Waals surface area contributed by atoms with Crippen molar-refractivity contribution in [1.29, 1.82) is 0 Å². The molecule has 0 spiro atoms. The summed E-state index contributed by atoms with van der Waals surface area (Å²) < 4.78 is 2.25. The summed E-state index contributed by atoms with van der Waals surface area (Å²) in [7, 11) is 0. The Morgan fingerprint density at radius 3 is 2.79 bits per heavy atom. The molecule has 5 rings (SSSR count). The van der Waals surface area contributed by atoms with Crippen molar-refractivity contribution in [1.82, 2.24) is 24.8 Å². The maximum Gasteiger partial charge on any atom is 0.227 e. The Morgan fingerprint density at radius 2 is 1.97 bits per heavy atom. The maximum atomic E-state index is 6.31. The van der Waals surface area contributed by atoms with E-state index in [0.717, 1.165) is 72.7 Å². The average molecular weight is 462 g/mol. The number of halogens is 1. The molecule has 4 heterocycles. The first-order valence-electron chi connectivity index (χ1n) is 11.4. The monoisotopic (exact) mass is 461 g/mol. The van der Waals surface area contributed by atoms with Crippen molar-refractivity contribution in [2.75, 3.05) is 36.4 Å². The highest BCUT2D eigenvalue weighted by Crippen LogP contribution is 2.32. The summed E-state index contributed by atoms with van der Waals surface area (Å²) in [4.78, 5) is 16.3. The van der Waals surface area contributed by atoms with Gasteiger partial charge < -0.3 is 20.1 Å². The number of aromatic nitrogens is 4. The number of rotatable bonds is 6. The van der Waals surface area contributed by atoms with E-state index in [0.29, 0.717) is 11.1 Å². The Hall–Kier alpha value is -3.16. The number of aryl methyl sites for hydroxylation is 2. The van der Waals surface area contributed by atoms with Crippen LogP contribution in [0, 0.1) is 6.92 Å². The van der Waals surface area contributed by atoms with Crippen LogP contribution in [0.3, 0.4) is 0 Å². The summed E-state index contributed by atoms with van der Waals surface area (Å²) >= 11 is 6.31. The number of hydrogen-bond acceptors (Lipinski definition) is 6. The van der Waals surface area contributed by atoms with Crippen LogP contribution in [-0.2, 0) is 6.54 Å². The first-order valence-corrected chi connectivity index (χ1v) is 11.8. The van der Waals surface area contributed by atoms with Gasteiger partial charge in [-0.05, 0) is 49.2 Å². The van der Waals surface area contributed by atoms with E-state index in [4.69, 9.17) is 16.6 Å². The molecular formula is C25H28ClN7. The maximum absolute atomic E-state index is 6.31. The first kappa shape index (κ1) is 21.7. The van der Waals surface area contributed by atoms with Gasteiger partial charge in [0.1, 0.15) is 5.15 Å². The Bertz CT molecular complexity index is 1280. The molecule has 7 nitrogen and oxygen atoms in total. The summed E-state index contributed by atoms with van der Waals surface area (Å²) in [6.07, 6.45) is 4.94. The molecule has 33 heavy (non-hydrogen) atoms. The molecule has 0 atom stereocenters. The van der Waals surface area contributed by atoms with Crippen LogP contribution in [-0.4, -0.2) is 45.7 Å². The largest absolute Gasteiger partial charge is 0.369 e. The van der Waals surface area contributed by atoms with E-state index in [1.54, 1.807) is 6.20 Å². The van der Waals surface area contributed by atoms with Crippen molar-refractivity contribution in [2.24, 2.45) is 0 Å². The zero-order valence-electron chi connectivity index (χ0n) is 19.0. The van der Waals surface area contributed by atoms with Gasteiger partial charge in [-0.2, -0.15) is 0 Å². The van der Waals surface area contributed by atoms with E-state index >= 15 is 0 Å². The van der Waals surface area contributed by atoms with Gasteiger partial charge in [-0.25, -0.2) is 15.0 Å². The molecule has 2 N–H and O–H groups in total. The molecule has 1 fully saturated rings. The van der Waals surface area contributed by atoms with Crippen LogP contribution in [0.5, 0.6) is 0 Å². The van der Waals surface area contributed by atoms with Crippen LogP contribution < -0.4 is 15.5 Å². The first-order chi connectivity index (χ1) is 16.1. The number of anilines is 3. The molecule has 8 heteroatoms. The molecule has 1 aromatic carbocycles. The molecule has 1 aliphatic heterocycles. The fraction of sp³-hybridized carbons (Fsp3) is 0.320. The van der Waals surface area contributed by atoms with Crippen molar-refractivity contribution in [3.63, 3.8) is 0 Å². The van der Waals surface area contributed by atoms with Gasteiger partial charge >= 0.3 is 0 Å². The molecule has 3 aromatic heterocycles. The number of pyridine rings is 1. The molecule has 1 saturated heterocycles. The lowest BCUT2D eigenvalue weighted by atomic mass is 10.1. The van der Waals surface area contributed by atoms with E-state index < -0.39 is 0 Å². The predicted octanol–water partition coefficient (Wildman–Crippen LogP) is 5.02.